The van der Waals surface area contributed by atoms with Gasteiger partial charge in [-0.3, -0.25) is 0 Å². The molecule has 0 amide bonds. The molecule has 2 rings (SSSR count). The van der Waals surface area contributed by atoms with Gasteiger partial charge in [0.05, 0.1) is 19.8 Å². The fourth-order valence-electron chi connectivity index (χ4n) is 2.53. The van der Waals surface area contributed by atoms with Gasteiger partial charge in [-0.05, 0) is 0 Å². The van der Waals surface area contributed by atoms with Crippen molar-refractivity contribution >= 4 is 0 Å². The number of hydrogen-bond donors (Lipinski definition) is 6. The van der Waals surface area contributed by atoms with Crippen molar-refractivity contribution in [3.8, 4) is 0 Å². The van der Waals surface area contributed by atoms with E-state index in [2.05, 4.69) is 0 Å². The van der Waals surface area contributed by atoms with E-state index in [1.54, 1.807) is 0 Å². The summed E-state index contributed by atoms with van der Waals surface area (Å²) >= 11 is 0. The third-order valence-electron chi connectivity index (χ3n) is 3.66. The van der Waals surface area contributed by atoms with Crippen LogP contribution in [-0.2, 0) is 9.47 Å². The highest BCUT2D eigenvalue weighted by atomic mass is 16.6. The van der Waals surface area contributed by atoms with Gasteiger partial charge in [0.15, 0.2) is 0 Å². The fourth-order valence-corrected chi connectivity index (χ4v) is 2.53. The van der Waals surface area contributed by atoms with Gasteiger partial charge >= 0.3 is 0 Å². The summed E-state index contributed by atoms with van der Waals surface area (Å²) in [6.45, 7) is -1.43. The van der Waals surface area contributed by atoms with Gasteiger partial charge in [0.2, 0.25) is 0 Å². The minimum absolute atomic E-state index is 0.214. The Morgan fingerprint density at radius 2 is 1.72 bits per heavy atom. The van der Waals surface area contributed by atoms with Crippen LogP contribution in [0.3, 0.4) is 0 Å². The van der Waals surface area contributed by atoms with E-state index in [-0.39, 0.29) is 6.61 Å². The summed E-state index contributed by atoms with van der Waals surface area (Å²) in [7, 11) is 0. The number of hydrogen-bond acceptors (Lipinski definition) is 8. The van der Waals surface area contributed by atoms with Crippen molar-refractivity contribution in [1.29, 1.82) is 0 Å². The Labute approximate surface area is 103 Å². The zero-order valence-corrected chi connectivity index (χ0v) is 9.59. The average molecular weight is 266 g/mol. The highest BCUT2D eigenvalue weighted by Crippen LogP contribution is 2.38. The first-order valence-corrected chi connectivity index (χ1v) is 5.71. The van der Waals surface area contributed by atoms with Crippen LogP contribution in [-0.4, -0.2) is 92.7 Å². The van der Waals surface area contributed by atoms with E-state index >= 15 is 0 Å². The van der Waals surface area contributed by atoms with E-state index in [1.165, 1.54) is 0 Å². The first-order valence-electron chi connectivity index (χ1n) is 5.71. The lowest BCUT2D eigenvalue weighted by atomic mass is 9.86. The largest absolute Gasteiger partial charge is 0.394 e. The van der Waals surface area contributed by atoms with E-state index in [1.807, 2.05) is 0 Å². The summed E-state index contributed by atoms with van der Waals surface area (Å²) in [6.07, 6.45) is -7.71. The molecule has 2 saturated heterocycles. The van der Waals surface area contributed by atoms with Crippen LogP contribution in [0.4, 0.5) is 0 Å². The molecule has 18 heavy (non-hydrogen) atoms. The minimum Gasteiger partial charge on any atom is -0.394 e. The molecular formula is C10H18O8. The van der Waals surface area contributed by atoms with Crippen molar-refractivity contribution in [3.05, 3.63) is 0 Å². The highest BCUT2D eigenvalue weighted by molar-refractivity contribution is 5.09. The van der Waals surface area contributed by atoms with Gasteiger partial charge in [-0.1, -0.05) is 0 Å². The Morgan fingerprint density at radius 3 is 2.11 bits per heavy atom. The maximum Gasteiger partial charge on any atom is 0.148 e. The molecule has 0 aromatic carbocycles. The lowest BCUT2D eigenvalue weighted by molar-refractivity contribution is -0.190. The first kappa shape index (κ1) is 14.1. The van der Waals surface area contributed by atoms with Gasteiger partial charge < -0.3 is 40.1 Å². The van der Waals surface area contributed by atoms with E-state index in [0.717, 1.165) is 0 Å². The van der Waals surface area contributed by atoms with Crippen molar-refractivity contribution in [2.45, 2.75) is 42.2 Å². The number of rotatable bonds is 3. The Balaban J connectivity index is 2.24. The normalized spacial score (nSPS) is 53.0. The van der Waals surface area contributed by atoms with Gasteiger partial charge in [0.1, 0.15) is 42.2 Å². The molecule has 0 radical (unpaired) electrons. The number of ether oxygens (including phenoxy) is 2. The monoisotopic (exact) mass is 266 g/mol. The van der Waals surface area contributed by atoms with Gasteiger partial charge in [0, 0.05) is 0 Å². The second-order valence-corrected chi connectivity index (χ2v) is 4.70. The summed E-state index contributed by atoms with van der Waals surface area (Å²) in [5, 5.41) is 57.2. The molecule has 2 heterocycles. The van der Waals surface area contributed by atoms with Crippen molar-refractivity contribution in [1.82, 2.24) is 0 Å². The molecule has 0 saturated carbocycles. The number of aliphatic hydroxyl groups is 6. The van der Waals surface area contributed by atoms with E-state index < -0.39 is 55.4 Å². The zero-order valence-electron chi connectivity index (χ0n) is 9.59. The van der Waals surface area contributed by atoms with Crippen molar-refractivity contribution in [2.75, 3.05) is 19.8 Å². The highest BCUT2D eigenvalue weighted by Gasteiger charge is 2.61. The summed E-state index contributed by atoms with van der Waals surface area (Å²) in [6, 6.07) is 0. The fraction of sp³-hybridized carbons (Fsp3) is 1.00. The Morgan fingerprint density at radius 1 is 1.06 bits per heavy atom. The zero-order chi connectivity index (χ0) is 13.5. The molecule has 0 aromatic rings. The van der Waals surface area contributed by atoms with Crippen LogP contribution in [0.2, 0.25) is 0 Å². The molecule has 0 aromatic heterocycles. The van der Waals surface area contributed by atoms with Gasteiger partial charge in [0.25, 0.3) is 0 Å². The third kappa shape index (κ3) is 1.86. The number of aliphatic hydroxyl groups excluding tert-OH is 6. The minimum atomic E-state index is -1.70. The lowest BCUT2D eigenvalue weighted by Crippen LogP contribution is -2.59. The predicted molar refractivity (Wildman–Crippen MR) is 55.5 cm³/mol. The molecule has 2 aliphatic rings. The van der Waals surface area contributed by atoms with E-state index in [0.29, 0.717) is 0 Å². The molecule has 0 aliphatic carbocycles. The van der Waals surface area contributed by atoms with Crippen LogP contribution in [0.1, 0.15) is 0 Å². The molecular weight excluding hydrogens is 248 g/mol. The van der Waals surface area contributed by atoms with Crippen LogP contribution in [0.15, 0.2) is 0 Å². The van der Waals surface area contributed by atoms with Crippen LogP contribution in [0.5, 0.6) is 0 Å². The average Bonchev–Trinajstić information content (AvgIpc) is 2.82. The molecule has 1 unspecified atom stereocenters. The first-order chi connectivity index (χ1) is 8.47. The second-order valence-electron chi connectivity index (χ2n) is 4.70. The van der Waals surface area contributed by atoms with Crippen LogP contribution < -0.4 is 0 Å². The van der Waals surface area contributed by atoms with Crippen molar-refractivity contribution in [3.63, 3.8) is 0 Å². The lowest BCUT2D eigenvalue weighted by Gasteiger charge is -2.36. The topological polar surface area (TPSA) is 140 Å². The van der Waals surface area contributed by atoms with Gasteiger partial charge in [-0.25, -0.2) is 0 Å². The Hall–Kier alpha value is -0.320. The quantitative estimate of drug-likeness (QED) is 0.303. The Bertz CT molecular complexity index is 300. The molecule has 6 N–H and O–H groups in total. The molecule has 0 spiro atoms. The molecule has 0 bridgehead atoms. The third-order valence-corrected chi connectivity index (χ3v) is 3.66. The van der Waals surface area contributed by atoms with Crippen molar-refractivity contribution < 1.29 is 40.1 Å². The summed E-state index contributed by atoms with van der Waals surface area (Å²) in [5.41, 5.74) is -1.70. The molecule has 2 aliphatic heterocycles. The molecule has 7 atom stereocenters. The maximum absolute atomic E-state index is 9.86. The Kier molecular flexibility index (Phi) is 3.90. The SMILES string of the molecule is OC[C@H]1OC([C@]2(CO)OC[C@H](O)[C@@H]2O)[C@H](O)[C@@H]1O. The molecule has 106 valence electrons. The summed E-state index contributed by atoms with van der Waals surface area (Å²) in [4.78, 5) is 0. The maximum atomic E-state index is 9.86. The van der Waals surface area contributed by atoms with Crippen molar-refractivity contribution in [2.24, 2.45) is 0 Å². The standard InChI is InChI=1S/C10H18O8/c11-1-5-6(14)7(15)9(18-5)10(3-12)8(16)4(13)2-17-10/h4-9,11-16H,1-3H2/t4-,5+,6+,7+,8-,9?,10+/m0/s1. The predicted octanol–water partition coefficient (Wildman–Crippen LogP) is -4.05. The van der Waals surface area contributed by atoms with E-state index in [9.17, 15) is 25.5 Å². The summed E-state index contributed by atoms with van der Waals surface area (Å²) in [5.74, 6) is 0. The van der Waals surface area contributed by atoms with Gasteiger partial charge in [-0.15, -0.1) is 0 Å². The molecule has 8 heteroatoms. The van der Waals surface area contributed by atoms with Gasteiger partial charge in [-0.2, -0.15) is 0 Å². The van der Waals surface area contributed by atoms with E-state index in [4.69, 9.17) is 14.6 Å². The second kappa shape index (κ2) is 4.99. The smallest absolute Gasteiger partial charge is 0.148 e. The molecule has 2 fully saturated rings. The van der Waals surface area contributed by atoms with Crippen LogP contribution in [0, 0.1) is 0 Å². The van der Waals surface area contributed by atoms with Crippen LogP contribution in [0.25, 0.3) is 0 Å². The molecule has 8 nitrogen and oxygen atoms in total. The summed E-state index contributed by atoms with van der Waals surface area (Å²) < 4.78 is 10.4. The van der Waals surface area contributed by atoms with Crippen LogP contribution >= 0.6 is 0 Å².